The molecule has 0 aliphatic heterocycles. The molecule has 38 heavy (non-hydrogen) atoms. The predicted molar refractivity (Wildman–Crippen MR) is 141 cm³/mol. The van der Waals surface area contributed by atoms with Crippen molar-refractivity contribution >= 4 is 24.1 Å². The minimum Gasteiger partial charge on any atom is -0.468 e. The number of benzene rings is 2. The molecule has 10 heteroatoms. The second-order valence-corrected chi connectivity index (χ2v) is 9.57. The zero-order valence-corrected chi connectivity index (χ0v) is 22.4. The van der Waals surface area contributed by atoms with E-state index < -0.39 is 35.7 Å². The van der Waals surface area contributed by atoms with Gasteiger partial charge in [-0.1, -0.05) is 60.7 Å². The van der Waals surface area contributed by atoms with Crippen LogP contribution in [0.15, 0.2) is 60.7 Å². The van der Waals surface area contributed by atoms with Gasteiger partial charge < -0.3 is 29.7 Å². The predicted octanol–water partition coefficient (Wildman–Crippen LogP) is 3.44. The van der Waals surface area contributed by atoms with Gasteiger partial charge >= 0.3 is 18.2 Å². The topological polar surface area (TPSA) is 123 Å². The fourth-order valence-corrected chi connectivity index (χ4v) is 3.44. The zero-order chi connectivity index (χ0) is 28.0. The van der Waals surface area contributed by atoms with Crippen LogP contribution >= 0.6 is 0 Å². The number of alkyl carbamates (subject to hydrolysis) is 2. The molecule has 0 fully saturated rings. The van der Waals surface area contributed by atoms with Crippen molar-refractivity contribution in [3.05, 3.63) is 71.8 Å². The first kappa shape index (κ1) is 30.1. The summed E-state index contributed by atoms with van der Waals surface area (Å²) in [5, 5.41) is 5.28. The minimum atomic E-state index is -0.985. The third-order valence-electron chi connectivity index (χ3n) is 5.22. The summed E-state index contributed by atoms with van der Waals surface area (Å²) in [7, 11) is 1.23. The van der Waals surface area contributed by atoms with Gasteiger partial charge in [0.25, 0.3) is 0 Å². The standard InChI is InChI=1S/C28H37N3O7/c1-28(2,3)38-27(35)30-23(18-21-12-7-5-8-13-21)25(33)31(19-24(32)36-4)17-11-16-29-26(34)37-20-22-14-9-6-10-15-22/h5-10,12-15,23H,11,16-20H2,1-4H3,(H,29,34)(H,30,35)/t23-/m0/s1. The molecular formula is C28H37N3O7. The SMILES string of the molecule is COC(=O)CN(CCCNC(=O)OCc1ccccc1)C(=O)[C@H](Cc1ccccc1)NC(=O)OC(C)(C)C. The lowest BCUT2D eigenvalue weighted by Gasteiger charge is -2.28. The maximum atomic E-state index is 13.5. The van der Waals surface area contributed by atoms with Gasteiger partial charge in [0.05, 0.1) is 7.11 Å². The summed E-state index contributed by atoms with van der Waals surface area (Å²) in [4.78, 5) is 51.4. The molecule has 2 N–H and O–H groups in total. The number of esters is 1. The van der Waals surface area contributed by atoms with Crippen molar-refractivity contribution in [2.45, 2.75) is 51.9 Å². The second kappa shape index (κ2) is 15.2. The smallest absolute Gasteiger partial charge is 0.408 e. The Labute approximate surface area is 223 Å². The van der Waals surface area contributed by atoms with Crippen LogP contribution in [0.3, 0.4) is 0 Å². The number of methoxy groups -OCH3 is 1. The molecule has 3 amide bonds. The van der Waals surface area contributed by atoms with Crippen LogP contribution in [0, 0.1) is 0 Å². The van der Waals surface area contributed by atoms with E-state index >= 15 is 0 Å². The lowest BCUT2D eigenvalue weighted by molar-refractivity contribution is -0.147. The maximum absolute atomic E-state index is 13.5. The molecule has 10 nitrogen and oxygen atoms in total. The van der Waals surface area contributed by atoms with Crippen molar-refractivity contribution in [1.29, 1.82) is 0 Å². The van der Waals surface area contributed by atoms with E-state index in [1.165, 1.54) is 12.0 Å². The van der Waals surface area contributed by atoms with E-state index in [-0.39, 0.29) is 32.7 Å². The number of carbonyl (C=O) groups is 4. The highest BCUT2D eigenvalue weighted by Gasteiger charge is 2.29. The fraction of sp³-hybridized carbons (Fsp3) is 0.429. The summed E-state index contributed by atoms with van der Waals surface area (Å²) in [5.41, 5.74) is 0.930. The maximum Gasteiger partial charge on any atom is 0.408 e. The number of carbonyl (C=O) groups excluding carboxylic acids is 4. The first-order valence-corrected chi connectivity index (χ1v) is 12.4. The van der Waals surface area contributed by atoms with Crippen molar-refractivity contribution in [2.75, 3.05) is 26.7 Å². The first-order valence-electron chi connectivity index (χ1n) is 12.4. The van der Waals surface area contributed by atoms with Crippen molar-refractivity contribution in [3.8, 4) is 0 Å². The number of rotatable bonds is 12. The molecule has 0 bridgehead atoms. The average Bonchev–Trinajstić information content (AvgIpc) is 2.88. The number of nitrogens with zero attached hydrogens (tertiary/aromatic N) is 1. The number of nitrogens with one attached hydrogen (secondary N) is 2. The van der Waals surface area contributed by atoms with E-state index in [0.717, 1.165) is 11.1 Å². The van der Waals surface area contributed by atoms with Crippen LogP contribution in [-0.2, 0) is 36.8 Å². The summed E-state index contributed by atoms with van der Waals surface area (Å²) in [6.45, 7) is 5.34. The Bertz CT molecular complexity index is 1040. The number of hydrogen-bond donors (Lipinski definition) is 2. The van der Waals surface area contributed by atoms with E-state index in [1.807, 2.05) is 60.7 Å². The van der Waals surface area contributed by atoms with E-state index in [2.05, 4.69) is 10.6 Å². The van der Waals surface area contributed by atoms with Gasteiger partial charge in [-0.2, -0.15) is 0 Å². The van der Waals surface area contributed by atoms with E-state index in [0.29, 0.717) is 6.42 Å². The van der Waals surface area contributed by atoms with Crippen LogP contribution in [0.1, 0.15) is 38.3 Å². The molecule has 0 aliphatic rings. The van der Waals surface area contributed by atoms with Gasteiger partial charge in [-0.05, 0) is 38.3 Å². The van der Waals surface area contributed by atoms with Crippen LogP contribution in [0.4, 0.5) is 9.59 Å². The number of hydrogen-bond acceptors (Lipinski definition) is 7. The molecule has 0 saturated heterocycles. The van der Waals surface area contributed by atoms with Crippen LogP contribution in [0.25, 0.3) is 0 Å². The molecular weight excluding hydrogens is 490 g/mol. The fourth-order valence-electron chi connectivity index (χ4n) is 3.44. The normalized spacial score (nSPS) is 11.6. The average molecular weight is 528 g/mol. The lowest BCUT2D eigenvalue weighted by Crippen LogP contribution is -2.52. The van der Waals surface area contributed by atoms with Crippen LogP contribution in [0.5, 0.6) is 0 Å². The summed E-state index contributed by atoms with van der Waals surface area (Å²) in [6.07, 6.45) is -0.796. The summed E-state index contributed by atoms with van der Waals surface area (Å²) in [6, 6.07) is 17.5. The third-order valence-corrected chi connectivity index (χ3v) is 5.22. The zero-order valence-electron chi connectivity index (χ0n) is 22.4. The van der Waals surface area contributed by atoms with E-state index in [9.17, 15) is 19.2 Å². The van der Waals surface area contributed by atoms with E-state index in [1.54, 1.807) is 20.8 Å². The highest BCUT2D eigenvalue weighted by atomic mass is 16.6. The van der Waals surface area contributed by atoms with Gasteiger partial charge in [-0.3, -0.25) is 9.59 Å². The number of ether oxygens (including phenoxy) is 3. The van der Waals surface area contributed by atoms with Crippen LogP contribution in [0.2, 0.25) is 0 Å². The number of amides is 3. The molecule has 0 saturated carbocycles. The largest absolute Gasteiger partial charge is 0.468 e. The van der Waals surface area contributed by atoms with E-state index in [4.69, 9.17) is 14.2 Å². The third kappa shape index (κ3) is 11.8. The van der Waals surface area contributed by atoms with Gasteiger partial charge in [-0.15, -0.1) is 0 Å². The van der Waals surface area contributed by atoms with Gasteiger partial charge in [0.1, 0.15) is 24.8 Å². The van der Waals surface area contributed by atoms with Gasteiger partial charge in [0, 0.05) is 19.5 Å². The molecule has 1 atom stereocenters. The Morgan fingerprint density at radius 2 is 1.50 bits per heavy atom. The van der Waals surface area contributed by atoms with Crippen LogP contribution in [-0.4, -0.2) is 67.3 Å². The molecule has 2 aromatic carbocycles. The van der Waals surface area contributed by atoms with Gasteiger partial charge in [0.2, 0.25) is 5.91 Å². The highest BCUT2D eigenvalue weighted by Crippen LogP contribution is 2.11. The quantitative estimate of drug-likeness (QED) is 0.246. The van der Waals surface area contributed by atoms with Crippen LogP contribution < -0.4 is 10.6 Å². The Morgan fingerprint density at radius 1 is 0.895 bits per heavy atom. The molecule has 0 unspecified atom stereocenters. The molecule has 0 aromatic heterocycles. The molecule has 0 heterocycles. The summed E-state index contributed by atoms with van der Waals surface area (Å²) < 4.78 is 15.3. The Kier molecular flexibility index (Phi) is 12.1. The van der Waals surface area contributed by atoms with Crippen molar-refractivity contribution in [3.63, 3.8) is 0 Å². The van der Waals surface area contributed by atoms with Crippen molar-refractivity contribution in [1.82, 2.24) is 15.5 Å². The summed E-state index contributed by atoms with van der Waals surface area (Å²) >= 11 is 0. The molecule has 0 radical (unpaired) electrons. The van der Waals surface area contributed by atoms with Gasteiger partial charge in [0.15, 0.2) is 0 Å². The Balaban J connectivity index is 2.01. The first-order chi connectivity index (χ1) is 18.1. The van der Waals surface area contributed by atoms with Crippen molar-refractivity contribution in [2.24, 2.45) is 0 Å². The Hall–Kier alpha value is -4.08. The molecule has 206 valence electrons. The lowest BCUT2D eigenvalue weighted by atomic mass is 10.0. The Morgan fingerprint density at radius 3 is 2.08 bits per heavy atom. The molecule has 0 spiro atoms. The highest BCUT2D eigenvalue weighted by molar-refractivity contribution is 5.88. The summed E-state index contributed by atoms with van der Waals surface area (Å²) in [5.74, 6) is -1.08. The monoisotopic (exact) mass is 527 g/mol. The molecule has 0 aliphatic carbocycles. The second-order valence-electron chi connectivity index (χ2n) is 9.57. The molecule has 2 rings (SSSR count). The van der Waals surface area contributed by atoms with Gasteiger partial charge in [-0.25, -0.2) is 9.59 Å². The van der Waals surface area contributed by atoms with Crippen molar-refractivity contribution < 1.29 is 33.4 Å². The minimum absolute atomic E-state index is 0.133. The molecule has 2 aromatic rings.